The van der Waals surface area contributed by atoms with Gasteiger partial charge in [-0.2, -0.15) is 0 Å². The van der Waals surface area contributed by atoms with E-state index >= 15 is 0 Å². The van der Waals surface area contributed by atoms with Gasteiger partial charge in [-0.1, -0.05) is 0 Å². The number of carbonyl (C=O) groups is 3. The van der Waals surface area contributed by atoms with E-state index in [9.17, 15) is 14.4 Å². The summed E-state index contributed by atoms with van der Waals surface area (Å²) in [5.74, 6) is -0.527. The van der Waals surface area contributed by atoms with E-state index in [4.69, 9.17) is 0 Å². The van der Waals surface area contributed by atoms with Crippen molar-refractivity contribution < 1.29 is 14.4 Å². The lowest BCUT2D eigenvalue weighted by molar-refractivity contribution is -0.135. The Morgan fingerprint density at radius 1 is 1.25 bits per heavy atom. The lowest BCUT2D eigenvalue weighted by atomic mass is 10.2. The van der Waals surface area contributed by atoms with Crippen LogP contribution in [-0.4, -0.2) is 51.1 Å². The summed E-state index contributed by atoms with van der Waals surface area (Å²) >= 11 is 0.904. The molecule has 128 valence electrons. The quantitative estimate of drug-likeness (QED) is 0.787. The van der Waals surface area contributed by atoms with Crippen molar-refractivity contribution >= 4 is 34.9 Å². The Labute approximate surface area is 145 Å². The normalized spacial score (nSPS) is 19.9. The van der Waals surface area contributed by atoms with Crippen molar-refractivity contribution in [1.29, 1.82) is 0 Å². The van der Waals surface area contributed by atoms with E-state index < -0.39 is 0 Å². The molecule has 2 aliphatic heterocycles. The first kappa shape index (κ1) is 16.8. The van der Waals surface area contributed by atoms with Gasteiger partial charge in [-0.25, -0.2) is 0 Å². The number of rotatable bonds is 3. The molecule has 0 saturated carbocycles. The minimum absolute atomic E-state index is 0.150. The Morgan fingerprint density at radius 3 is 2.50 bits per heavy atom. The lowest BCUT2D eigenvalue weighted by Gasteiger charge is -2.18. The zero-order valence-corrected chi connectivity index (χ0v) is 15.0. The van der Waals surface area contributed by atoms with Crippen molar-refractivity contribution in [1.82, 2.24) is 14.4 Å². The molecule has 0 atom stereocenters. The average Bonchev–Trinajstić information content (AvgIpc) is 3.22. The number of aryl methyl sites for hydroxylation is 1. The van der Waals surface area contributed by atoms with Crippen LogP contribution in [0, 0.1) is 13.8 Å². The highest BCUT2D eigenvalue weighted by Crippen LogP contribution is 2.33. The highest BCUT2D eigenvalue weighted by molar-refractivity contribution is 8.18. The molecule has 0 aromatic carbocycles. The van der Waals surface area contributed by atoms with Gasteiger partial charge >= 0.3 is 0 Å². The van der Waals surface area contributed by atoms with Crippen LogP contribution >= 0.6 is 11.8 Å². The number of hydrogen-bond acceptors (Lipinski definition) is 4. The second-order valence-corrected chi connectivity index (χ2v) is 7.23. The van der Waals surface area contributed by atoms with Crippen LogP contribution in [0.3, 0.4) is 0 Å². The van der Waals surface area contributed by atoms with E-state index in [1.54, 1.807) is 11.0 Å². The van der Waals surface area contributed by atoms with Crippen LogP contribution in [0.1, 0.15) is 29.8 Å². The molecule has 1 aromatic heterocycles. The molecular weight excluding hydrogens is 326 g/mol. The first-order valence-electron chi connectivity index (χ1n) is 8.04. The van der Waals surface area contributed by atoms with Gasteiger partial charge in [0.15, 0.2) is 0 Å². The van der Waals surface area contributed by atoms with Gasteiger partial charge in [-0.15, -0.1) is 0 Å². The minimum Gasteiger partial charge on any atom is -0.352 e. The van der Waals surface area contributed by atoms with Gasteiger partial charge in [0, 0.05) is 31.5 Å². The maximum Gasteiger partial charge on any atom is 0.294 e. The Bertz CT molecular complexity index is 745. The molecule has 2 aliphatic rings. The van der Waals surface area contributed by atoms with Crippen LogP contribution in [0.5, 0.6) is 0 Å². The van der Waals surface area contributed by atoms with Gasteiger partial charge in [0.1, 0.15) is 6.54 Å². The number of amides is 3. The highest BCUT2D eigenvalue weighted by atomic mass is 32.2. The van der Waals surface area contributed by atoms with E-state index in [1.807, 2.05) is 31.5 Å². The first-order valence-corrected chi connectivity index (χ1v) is 8.86. The fourth-order valence-electron chi connectivity index (χ4n) is 3.01. The fraction of sp³-hybridized carbons (Fsp3) is 0.471. The molecule has 3 amide bonds. The standard InChI is InChI=1S/C17H21N3O3S/c1-11-8-13(12(2)18(11)3)9-14-16(22)20(17(23)24-14)10-15(21)19-6-4-5-7-19/h8-9H,4-7,10H2,1-3H3/b14-9-. The predicted octanol–water partition coefficient (Wildman–Crippen LogP) is 2.30. The summed E-state index contributed by atoms with van der Waals surface area (Å²) in [6.07, 6.45) is 3.72. The molecule has 0 radical (unpaired) electrons. The Balaban J connectivity index is 1.77. The summed E-state index contributed by atoms with van der Waals surface area (Å²) in [5.41, 5.74) is 3.04. The van der Waals surface area contributed by atoms with Crippen molar-refractivity contribution in [2.24, 2.45) is 7.05 Å². The monoisotopic (exact) mass is 347 g/mol. The summed E-state index contributed by atoms with van der Waals surface area (Å²) in [4.78, 5) is 40.0. The summed E-state index contributed by atoms with van der Waals surface area (Å²) in [7, 11) is 1.96. The van der Waals surface area contributed by atoms with Crippen LogP contribution in [0.2, 0.25) is 0 Å². The number of aromatic nitrogens is 1. The predicted molar refractivity (Wildman–Crippen MR) is 93.4 cm³/mol. The molecule has 7 heteroatoms. The van der Waals surface area contributed by atoms with Crippen molar-refractivity contribution in [3.63, 3.8) is 0 Å². The third-order valence-corrected chi connectivity index (χ3v) is 5.63. The Hall–Kier alpha value is -2.02. The maximum absolute atomic E-state index is 12.5. The fourth-order valence-corrected chi connectivity index (χ4v) is 3.84. The van der Waals surface area contributed by atoms with E-state index in [1.165, 1.54) is 0 Å². The molecule has 24 heavy (non-hydrogen) atoms. The Kier molecular flexibility index (Phi) is 4.54. The largest absolute Gasteiger partial charge is 0.352 e. The molecule has 0 N–H and O–H groups in total. The molecule has 3 heterocycles. The molecule has 0 aliphatic carbocycles. The molecular formula is C17H21N3O3S. The van der Waals surface area contributed by atoms with E-state index in [-0.39, 0.29) is 23.6 Å². The van der Waals surface area contributed by atoms with Crippen LogP contribution in [0.15, 0.2) is 11.0 Å². The third kappa shape index (κ3) is 3.00. The van der Waals surface area contributed by atoms with Crippen molar-refractivity contribution in [3.8, 4) is 0 Å². The van der Waals surface area contributed by atoms with Crippen LogP contribution < -0.4 is 0 Å². The summed E-state index contributed by atoms with van der Waals surface area (Å²) in [5, 5.41) is -0.371. The summed E-state index contributed by atoms with van der Waals surface area (Å²) < 4.78 is 2.03. The minimum atomic E-state index is -0.376. The van der Waals surface area contributed by atoms with Crippen molar-refractivity contribution in [3.05, 3.63) is 27.9 Å². The zero-order valence-electron chi connectivity index (χ0n) is 14.2. The van der Waals surface area contributed by atoms with Crippen LogP contribution in [-0.2, 0) is 16.6 Å². The summed E-state index contributed by atoms with van der Waals surface area (Å²) in [6, 6.07) is 1.98. The van der Waals surface area contributed by atoms with Crippen LogP contribution in [0.4, 0.5) is 4.79 Å². The van der Waals surface area contributed by atoms with Gasteiger partial charge in [-0.05, 0) is 56.2 Å². The number of likely N-dealkylation sites (tertiary alicyclic amines) is 1. The Morgan fingerprint density at radius 2 is 1.92 bits per heavy atom. The third-order valence-electron chi connectivity index (χ3n) is 4.73. The van der Waals surface area contributed by atoms with Gasteiger partial charge in [0.2, 0.25) is 5.91 Å². The molecule has 1 aromatic rings. The molecule has 0 unspecified atom stereocenters. The van der Waals surface area contributed by atoms with E-state index in [2.05, 4.69) is 0 Å². The second-order valence-electron chi connectivity index (χ2n) is 6.24. The molecule has 2 saturated heterocycles. The summed E-state index contributed by atoms with van der Waals surface area (Å²) in [6.45, 7) is 5.24. The average molecular weight is 347 g/mol. The van der Waals surface area contributed by atoms with Crippen molar-refractivity contribution in [2.45, 2.75) is 26.7 Å². The second kappa shape index (κ2) is 6.47. The van der Waals surface area contributed by atoms with Gasteiger partial charge in [0.25, 0.3) is 11.1 Å². The molecule has 3 rings (SSSR count). The molecule has 2 fully saturated rings. The number of imide groups is 1. The van der Waals surface area contributed by atoms with Crippen LogP contribution in [0.25, 0.3) is 6.08 Å². The number of carbonyl (C=O) groups excluding carboxylic acids is 3. The van der Waals surface area contributed by atoms with E-state index in [0.717, 1.165) is 46.5 Å². The zero-order chi connectivity index (χ0) is 17.4. The lowest BCUT2D eigenvalue weighted by Crippen LogP contribution is -2.40. The molecule has 0 bridgehead atoms. The first-order chi connectivity index (χ1) is 11.4. The molecule has 0 spiro atoms. The van der Waals surface area contributed by atoms with E-state index in [0.29, 0.717) is 18.0 Å². The van der Waals surface area contributed by atoms with Gasteiger partial charge < -0.3 is 9.47 Å². The van der Waals surface area contributed by atoms with Crippen molar-refractivity contribution in [2.75, 3.05) is 19.6 Å². The highest BCUT2D eigenvalue weighted by Gasteiger charge is 2.37. The molecule has 6 nitrogen and oxygen atoms in total. The number of hydrogen-bond donors (Lipinski definition) is 0. The smallest absolute Gasteiger partial charge is 0.294 e. The number of nitrogens with zero attached hydrogens (tertiary/aromatic N) is 3. The topological polar surface area (TPSA) is 62.6 Å². The SMILES string of the molecule is Cc1cc(/C=C2\SC(=O)N(CC(=O)N3CCCC3)C2=O)c(C)n1C. The number of thioether (sulfide) groups is 1. The van der Waals surface area contributed by atoms with Gasteiger partial charge in [0.05, 0.1) is 4.91 Å². The van der Waals surface area contributed by atoms with Gasteiger partial charge in [-0.3, -0.25) is 19.3 Å². The maximum atomic E-state index is 12.5.